The molecule has 1 unspecified atom stereocenters. The first kappa shape index (κ1) is 15.9. The van der Waals surface area contributed by atoms with Gasteiger partial charge < -0.3 is 10.1 Å². The third-order valence-electron chi connectivity index (χ3n) is 5.01. The van der Waals surface area contributed by atoms with Crippen LogP contribution in [-0.4, -0.2) is 23.6 Å². The van der Waals surface area contributed by atoms with Gasteiger partial charge in [0.15, 0.2) is 0 Å². The van der Waals surface area contributed by atoms with Crippen molar-refractivity contribution in [3.8, 4) is 5.75 Å². The molecule has 0 bridgehead atoms. The molecule has 122 valence electrons. The maximum atomic E-state index is 5.62. The lowest BCUT2D eigenvalue weighted by Crippen LogP contribution is -2.37. The second-order valence-corrected chi connectivity index (χ2v) is 6.42. The Morgan fingerprint density at radius 2 is 2.00 bits per heavy atom. The van der Waals surface area contributed by atoms with Gasteiger partial charge >= 0.3 is 0 Å². The number of aromatic nitrogens is 2. The van der Waals surface area contributed by atoms with Gasteiger partial charge in [-0.25, -0.2) is 0 Å². The van der Waals surface area contributed by atoms with E-state index in [-0.39, 0.29) is 11.5 Å². The lowest BCUT2D eigenvalue weighted by atomic mass is 9.78. The first-order valence-electron chi connectivity index (χ1n) is 8.38. The zero-order chi connectivity index (χ0) is 16.1. The highest BCUT2D eigenvalue weighted by Crippen LogP contribution is 2.44. The Morgan fingerprint density at radius 1 is 1.22 bits per heavy atom. The van der Waals surface area contributed by atoms with Crippen molar-refractivity contribution in [3.63, 3.8) is 0 Å². The van der Waals surface area contributed by atoms with E-state index in [4.69, 9.17) is 4.74 Å². The molecule has 0 spiro atoms. The van der Waals surface area contributed by atoms with Crippen LogP contribution in [0.4, 0.5) is 0 Å². The molecular weight excluding hydrogens is 286 g/mol. The van der Waals surface area contributed by atoms with Gasteiger partial charge in [0, 0.05) is 42.2 Å². The zero-order valence-corrected chi connectivity index (χ0v) is 14.0. The van der Waals surface area contributed by atoms with Crippen LogP contribution in [0.5, 0.6) is 5.75 Å². The minimum Gasteiger partial charge on any atom is -0.496 e. The van der Waals surface area contributed by atoms with Crippen LogP contribution in [-0.2, 0) is 5.41 Å². The average molecular weight is 311 g/mol. The van der Waals surface area contributed by atoms with Crippen LogP contribution < -0.4 is 10.1 Å². The fraction of sp³-hybridized carbons (Fsp3) is 0.474. The Kier molecular flexibility index (Phi) is 4.91. The van der Waals surface area contributed by atoms with Gasteiger partial charge in [0.2, 0.25) is 0 Å². The SMILES string of the molecule is COc1ccccc1C1(CNC(C)c2cnccn2)CCCC1. The lowest BCUT2D eigenvalue weighted by Gasteiger charge is -2.32. The summed E-state index contributed by atoms with van der Waals surface area (Å²) >= 11 is 0. The van der Waals surface area contributed by atoms with Gasteiger partial charge in [-0.15, -0.1) is 0 Å². The number of methoxy groups -OCH3 is 1. The minimum atomic E-state index is 0.156. The van der Waals surface area contributed by atoms with E-state index in [1.807, 2.05) is 12.3 Å². The highest BCUT2D eigenvalue weighted by molar-refractivity contribution is 5.40. The first-order valence-corrected chi connectivity index (χ1v) is 8.38. The number of para-hydroxylation sites is 1. The summed E-state index contributed by atoms with van der Waals surface area (Å²) in [5.74, 6) is 1.00. The predicted octanol–water partition coefficient (Wildman–Crippen LogP) is 3.65. The third kappa shape index (κ3) is 3.37. The topological polar surface area (TPSA) is 47.0 Å². The summed E-state index contributed by atoms with van der Waals surface area (Å²) < 4.78 is 5.62. The normalized spacial score (nSPS) is 17.8. The van der Waals surface area contributed by atoms with Crippen LogP contribution in [0, 0.1) is 0 Å². The summed E-state index contributed by atoms with van der Waals surface area (Å²) in [7, 11) is 1.76. The van der Waals surface area contributed by atoms with E-state index in [0.29, 0.717) is 0 Å². The molecule has 1 aliphatic carbocycles. The third-order valence-corrected chi connectivity index (χ3v) is 5.01. The van der Waals surface area contributed by atoms with E-state index in [0.717, 1.165) is 18.0 Å². The molecule has 1 aliphatic rings. The van der Waals surface area contributed by atoms with Gasteiger partial charge in [-0.3, -0.25) is 9.97 Å². The summed E-state index contributed by atoms with van der Waals surface area (Å²) in [6, 6.07) is 8.64. The van der Waals surface area contributed by atoms with E-state index < -0.39 is 0 Å². The van der Waals surface area contributed by atoms with Gasteiger partial charge in [0.1, 0.15) is 5.75 Å². The van der Waals surface area contributed by atoms with Crippen LogP contribution >= 0.6 is 0 Å². The van der Waals surface area contributed by atoms with Crippen LogP contribution in [0.15, 0.2) is 42.9 Å². The number of nitrogens with zero attached hydrogens (tertiary/aromatic N) is 2. The van der Waals surface area contributed by atoms with E-state index >= 15 is 0 Å². The molecule has 4 heteroatoms. The second-order valence-electron chi connectivity index (χ2n) is 6.42. The summed E-state index contributed by atoms with van der Waals surface area (Å²) in [6.07, 6.45) is 10.3. The Hall–Kier alpha value is -1.94. The van der Waals surface area contributed by atoms with Crippen molar-refractivity contribution in [1.29, 1.82) is 0 Å². The fourth-order valence-electron chi connectivity index (χ4n) is 3.66. The Morgan fingerprint density at radius 3 is 2.70 bits per heavy atom. The standard InChI is InChI=1S/C19H25N3O/c1-15(17-13-20-11-12-21-17)22-14-19(9-5-6-10-19)16-7-3-4-8-18(16)23-2/h3-4,7-8,11-13,15,22H,5-6,9-10,14H2,1-2H3. The highest BCUT2D eigenvalue weighted by atomic mass is 16.5. The van der Waals surface area contributed by atoms with Gasteiger partial charge in [-0.1, -0.05) is 31.0 Å². The van der Waals surface area contributed by atoms with E-state index in [1.54, 1.807) is 19.5 Å². The van der Waals surface area contributed by atoms with Gasteiger partial charge in [-0.05, 0) is 25.8 Å². The number of rotatable bonds is 6. The summed E-state index contributed by atoms with van der Waals surface area (Å²) in [5.41, 5.74) is 2.47. The largest absolute Gasteiger partial charge is 0.496 e. The van der Waals surface area contributed by atoms with Crippen molar-refractivity contribution >= 4 is 0 Å². The first-order chi connectivity index (χ1) is 11.2. The molecule has 1 aromatic heterocycles. The molecule has 1 N–H and O–H groups in total. The maximum absolute atomic E-state index is 5.62. The monoisotopic (exact) mass is 311 g/mol. The Bertz CT molecular complexity index is 624. The molecule has 0 aliphatic heterocycles. The lowest BCUT2D eigenvalue weighted by molar-refractivity contribution is 0.350. The van der Waals surface area contributed by atoms with Crippen molar-refractivity contribution in [2.75, 3.05) is 13.7 Å². The van der Waals surface area contributed by atoms with E-state index in [9.17, 15) is 0 Å². The van der Waals surface area contributed by atoms with Crippen molar-refractivity contribution < 1.29 is 4.74 Å². The molecule has 0 saturated heterocycles. The number of hydrogen-bond donors (Lipinski definition) is 1. The molecule has 1 heterocycles. The zero-order valence-electron chi connectivity index (χ0n) is 14.0. The molecular formula is C19H25N3O. The van der Waals surface area contributed by atoms with Gasteiger partial charge in [-0.2, -0.15) is 0 Å². The van der Waals surface area contributed by atoms with E-state index in [2.05, 4.69) is 40.4 Å². The molecule has 23 heavy (non-hydrogen) atoms. The molecule has 3 rings (SSSR count). The van der Waals surface area contributed by atoms with Crippen molar-refractivity contribution in [2.45, 2.75) is 44.1 Å². The molecule has 1 fully saturated rings. The molecule has 2 aromatic rings. The number of ether oxygens (including phenoxy) is 1. The Balaban J connectivity index is 1.79. The fourth-order valence-corrected chi connectivity index (χ4v) is 3.66. The summed E-state index contributed by atoms with van der Waals surface area (Å²) in [5, 5.41) is 3.67. The van der Waals surface area contributed by atoms with Crippen molar-refractivity contribution in [2.24, 2.45) is 0 Å². The molecule has 1 saturated carbocycles. The van der Waals surface area contributed by atoms with Gasteiger partial charge in [0.25, 0.3) is 0 Å². The van der Waals surface area contributed by atoms with Crippen LogP contribution in [0.3, 0.4) is 0 Å². The average Bonchev–Trinajstić information content (AvgIpc) is 3.10. The smallest absolute Gasteiger partial charge is 0.122 e. The highest BCUT2D eigenvalue weighted by Gasteiger charge is 2.37. The van der Waals surface area contributed by atoms with Crippen LogP contribution in [0.1, 0.15) is 49.9 Å². The predicted molar refractivity (Wildman–Crippen MR) is 91.6 cm³/mol. The molecule has 4 nitrogen and oxygen atoms in total. The quantitative estimate of drug-likeness (QED) is 0.884. The Labute approximate surface area is 138 Å². The number of benzene rings is 1. The van der Waals surface area contributed by atoms with Crippen molar-refractivity contribution in [1.82, 2.24) is 15.3 Å². The second kappa shape index (κ2) is 7.09. The number of nitrogens with one attached hydrogen (secondary N) is 1. The number of hydrogen-bond acceptors (Lipinski definition) is 4. The van der Waals surface area contributed by atoms with Crippen molar-refractivity contribution in [3.05, 3.63) is 54.1 Å². The van der Waals surface area contributed by atoms with Crippen LogP contribution in [0.25, 0.3) is 0 Å². The molecule has 1 aromatic carbocycles. The van der Waals surface area contributed by atoms with Gasteiger partial charge in [0.05, 0.1) is 12.8 Å². The molecule has 0 radical (unpaired) electrons. The molecule has 1 atom stereocenters. The summed E-state index contributed by atoms with van der Waals surface area (Å²) in [4.78, 5) is 8.57. The summed E-state index contributed by atoms with van der Waals surface area (Å²) in [6.45, 7) is 3.08. The minimum absolute atomic E-state index is 0.156. The maximum Gasteiger partial charge on any atom is 0.122 e. The molecule has 0 amide bonds. The van der Waals surface area contributed by atoms with E-state index in [1.165, 1.54) is 31.2 Å². The van der Waals surface area contributed by atoms with Crippen LogP contribution in [0.2, 0.25) is 0 Å².